The lowest BCUT2D eigenvalue weighted by Crippen LogP contribution is -2.41. The van der Waals surface area contributed by atoms with E-state index in [-0.39, 0.29) is 33.9 Å². The summed E-state index contributed by atoms with van der Waals surface area (Å²) in [6.07, 6.45) is 5.24. The number of rotatable bonds is 9. The Balaban J connectivity index is 1.57. The zero-order valence-corrected chi connectivity index (χ0v) is 20.0. The number of carbonyl (C=O) groups excluding carboxylic acids is 1. The number of pyridine rings is 1. The number of carbonyl (C=O) groups is 1. The molecule has 0 radical (unpaired) electrons. The molecule has 1 fully saturated rings. The summed E-state index contributed by atoms with van der Waals surface area (Å²) in [6, 6.07) is 8.97. The second kappa shape index (κ2) is 10.6. The quantitative estimate of drug-likeness (QED) is 0.529. The lowest BCUT2D eigenvalue weighted by atomic mass is 9.78. The van der Waals surface area contributed by atoms with Gasteiger partial charge in [-0.05, 0) is 80.5 Å². The first kappa shape index (κ1) is 25.1. The van der Waals surface area contributed by atoms with Crippen LogP contribution in [0.1, 0.15) is 44.6 Å². The Labute approximate surface area is 194 Å². The summed E-state index contributed by atoms with van der Waals surface area (Å²) in [6.45, 7) is 1.99. The summed E-state index contributed by atoms with van der Waals surface area (Å²) in [5, 5.41) is 10.7. The van der Waals surface area contributed by atoms with E-state index in [4.69, 9.17) is 9.47 Å². The van der Waals surface area contributed by atoms with Gasteiger partial charge in [0.25, 0.3) is 0 Å². The van der Waals surface area contributed by atoms with Crippen LogP contribution < -0.4 is 10.2 Å². The lowest BCUT2D eigenvalue weighted by molar-refractivity contribution is -0.166. The average Bonchev–Trinajstić information content (AvgIpc) is 2.80. The summed E-state index contributed by atoms with van der Waals surface area (Å²) in [5.41, 5.74) is 2.80. The smallest absolute Gasteiger partial charge is 0.236 e. The maximum Gasteiger partial charge on any atom is 0.236 e. The molecule has 1 aliphatic rings. The van der Waals surface area contributed by atoms with Gasteiger partial charge in [-0.2, -0.15) is 0 Å². The first-order valence-electron chi connectivity index (χ1n) is 10.8. The van der Waals surface area contributed by atoms with Crippen LogP contribution >= 0.6 is 0 Å². The number of methoxy groups -OCH3 is 2. The van der Waals surface area contributed by atoms with Crippen molar-refractivity contribution in [1.82, 2.24) is 15.6 Å². The normalized spacial score (nSPS) is 21.1. The van der Waals surface area contributed by atoms with E-state index < -0.39 is 9.84 Å². The first-order chi connectivity index (χ1) is 15.6. The minimum Gasteiger partial charge on any atom is -0.497 e. The average molecular weight is 478 g/mol. The molecule has 180 valence electrons. The monoisotopic (exact) mass is 477 g/mol. The number of nitrogens with zero attached hydrogens (tertiary/aromatic N) is 2. The van der Waals surface area contributed by atoms with Crippen molar-refractivity contribution in [3.05, 3.63) is 48.2 Å². The van der Waals surface area contributed by atoms with Crippen LogP contribution in [0.4, 0.5) is 0 Å². The number of hydrogen-bond acceptors (Lipinski definition) is 8. The van der Waals surface area contributed by atoms with Gasteiger partial charge in [-0.25, -0.2) is 13.4 Å². The molecule has 0 unspecified atom stereocenters. The fourth-order valence-electron chi connectivity index (χ4n) is 3.93. The van der Waals surface area contributed by atoms with Crippen LogP contribution in [-0.2, 0) is 25.9 Å². The largest absolute Gasteiger partial charge is 0.497 e. The lowest BCUT2D eigenvalue weighted by Gasteiger charge is -2.36. The van der Waals surface area contributed by atoms with Crippen molar-refractivity contribution in [1.29, 1.82) is 0 Å². The van der Waals surface area contributed by atoms with E-state index in [1.165, 1.54) is 31.5 Å². The van der Waals surface area contributed by atoms with Crippen molar-refractivity contribution >= 4 is 15.7 Å². The highest BCUT2D eigenvalue weighted by Crippen LogP contribution is 2.35. The van der Waals surface area contributed by atoms with E-state index in [9.17, 15) is 18.4 Å². The highest BCUT2D eigenvalue weighted by molar-refractivity contribution is 7.91. The van der Waals surface area contributed by atoms with Crippen molar-refractivity contribution in [2.24, 2.45) is 5.92 Å². The Morgan fingerprint density at radius 3 is 2.48 bits per heavy atom. The number of benzene rings is 1. The SMILES string of the molecule is COc1ccc(S(=O)(=O)c2cc(CN(O)NC(=O)CC3CCC(C)(OC)CC3)ccn2)cc1. The molecule has 2 N–H and O–H groups in total. The standard InChI is InChI=1S/C23H31N3O6S/c1-23(32-3)11-8-17(9-12-23)14-21(27)25-26(28)16-18-10-13-24-22(15-18)33(29,30)20-6-4-19(31-2)5-7-20/h4-7,10,13,15,17,28H,8-9,11-12,14,16H2,1-3H3,(H,25,27). The van der Waals surface area contributed by atoms with Crippen LogP contribution in [0.3, 0.4) is 0 Å². The highest BCUT2D eigenvalue weighted by atomic mass is 32.2. The number of hydrogen-bond donors (Lipinski definition) is 2. The van der Waals surface area contributed by atoms with Gasteiger partial charge in [-0.15, -0.1) is 0 Å². The van der Waals surface area contributed by atoms with Crippen molar-refractivity contribution in [3.63, 3.8) is 0 Å². The van der Waals surface area contributed by atoms with Crippen LogP contribution in [-0.4, -0.2) is 49.5 Å². The molecule has 0 bridgehead atoms. The van der Waals surface area contributed by atoms with Gasteiger partial charge >= 0.3 is 0 Å². The number of amides is 1. The predicted octanol–water partition coefficient (Wildman–Crippen LogP) is 3.13. The Hall–Kier alpha value is -2.53. The fourth-order valence-corrected chi connectivity index (χ4v) is 5.17. The third-order valence-electron chi connectivity index (χ3n) is 6.16. The maximum atomic E-state index is 12.9. The van der Waals surface area contributed by atoms with Crippen molar-refractivity contribution in [2.75, 3.05) is 14.2 Å². The van der Waals surface area contributed by atoms with Crippen LogP contribution in [0.25, 0.3) is 0 Å². The molecule has 1 aromatic heterocycles. The molecule has 1 saturated carbocycles. The molecule has 10 heteroatoms. The van der Waals surface area contributed by atoms with E-state index in [2.05, 4.69) is 17.3 Å². The Morgan fingerprint density at radius 1 is 1.21 bits per heavy atom. The summed E-state index contributed by atoms with van der Waals surface area (Å²) < 4.78 is 36.4. The predicted molar refractivity (Wildman–Crippen MR) is 120 cm³/mol. The van der Waals surface area contributed by atoms with Crippen molar-refractivity contribution in [3.8, 4) is 5.75 Å². The molecular formula is C23H31N3O6S. The van der Waals surface area contributed by atoms with E-state index in [0.29, 0.717) is 22.9 Å². The van der Waals surface area contributed by atoms with Gasteiger partial charge < -0.3 is 9.47 Å². The van der Waals surface area contributed by atoms with Gasteiger partial charge in [0, 0.05) is 19.7 Å². The molecule has 0 atom stereocenters. The van der Waals surface area contributed by atoms with Crippen LogP contribution in [0.15, 0.2) is 52.5 Å². The van der Waals surface area contributed by atoms with Crippen LogP contribution in [0.2, 0.25) is 0 Å². The second-order valence-electron chi connectivity index (χ2n) is 8.58. The number of hydrazine groups is 1. The van der Waals surface area contributed by atoms with Gasteiger partial charge in [0.2, 0.25) is 15.7 Å². The molecule has 1 amide bonds. The van der Waals surface area contributed by atoms with Gasteiger partial charge in [-0.1, -0.05) is 5.17 Å². The molecule has 9 nitrogen and oxygen atoms in total. The molecular weight excluding hydrogens is 446 g/mol. The van der Waals surface area contributed by atoms with E-state index >= 15 is 0 Å². The number of hydroxylamine groups is 1. The molecule has 0 saturated heterocycles. The van der Waals surface area contributed by atoms with E-state index in [0.717, 1.165) is 25.7 Å². The van der Waals surface area contributed by atoms with E-state index in [1.807, 2.05) is 0 Å². The Kier molecular flexibility index (Phi) is 8.06. The highest BCUT2D eigenvalue weighted by Gasteiger charge is 2.31. The topological polar surface area (TPSA) is 118 Å². The van der Waals surface area contributed by atoms with Gasteiger partial charge in [0.1, 0.15) is 5.75 Å². The number of sulfone groups is 1. The van der Waals surface area contributed by atoms with Gasteiger partial charge in [0.05, 0.1) is 24.2 Å². The van der Waals surface area contributed by atoms with E-state index in [1.54, 1.807) is 25.3 Å². The Bertz CT molecular complexity index is 1050. The summed E-state index contributed by atoms with van der Waals surface area (Å²) in [7, 11) is -0.629. The fraction of sp³-hybridized carbons (Fsp3) is 0.478. The zero-order valence-electron chi connectivity index (χ0n) is 19.2. The summed E-state index contributed by atoms with van der Waals surface area (Å²) in [4.78, 5) is 16.4. The van der Waals surface area contributed by atoms with Gasteiger partial charge in [0.15, 0.2) is 5.03 Å². The molecule has 0 spiro atoms. The minimum atomic E-state index is -3.84. The molecule has 1 aliphatic carbocycles. The minimum absolute atomic E-state index is 0.0826. The number of nitrogens with one attached hydrogen (secondary N) is 1. The summed E-state index contributed by atoms with van der Waals surface area (Å²) >= 11 is 0. The van der Waals surface area contributed by atoms with Crippen LogP contribution in [0, 0.1) is 5.92 Å². The van der Waals surface area contributed by atoms with Gasteiger partial charge in [-0.3, -0.25) is 15.4 Å². The Morgan fingerprint density at radius 2 is 1.88 bits per heavy atom. The third-order valence-corrected chi connectivity index (χ3v) is 7.83. The molecule has 1 heterocycles. The third kappa shape index (κ3) is 6.50. The molecule has 0 aliphatic heterocycles. The number of aromatic nitrogens is 1. The number of ether oxygens (including phenoxy) is 2. The maximum absolute atomic E-state index is 12.9. The van der Waals surface area contributed by atoms with Crippen LogP contribution in [0.5, 0.6) is 5.75 Å². The zero-order chi connectivity index (χ0) is 24.1. The molecule has 2 aromatic rings. The molecule has 1 aromatic carbocycles. The second-order valence-corrected chi connectivity index (χ2v) is 10.5. The molecule has 33 heavy (non-hydrogen) atoms. The van der Waals surface area contributed by atoms with Crippen molar-refractivity contribution < 1.29 is 27.9 Å². The first-order valence-corrected chi connectivity index (χ1v) is 12.3. The molecule has 3 rings (SSSR count). The summed E-state index contributed by atoms with van der Waals surface area (Å²) in [5.74, 6) is 0.496. The van der Waals surface area contributed by atoms with Crippen molar-refractivity contribution in [2.45, 2.75) is 61.1 Å².